The van der Waals surface area contributed by atoms with Gasteiger partial charge in [-0.1, -0.05) is 41.7 Å². The Hall–Kier alpha value is -4.48. The number of aromatic nitrogens is 1. The summed E-state index contributed by atoms with van der Waals surface area (Å²) in [7, 11) is 0. The first kappa shape index (κ1) is 24.6. The number of nitrogens with two attached hydrogens (primary N) is 1. The molecule has 0 aliphatic carbocycles. The predicted molar refractivity (Wildman–Crippen MR) is 139 cm³/mol. The van der Waals surface area contributed by atoms with E-state index in [-0.39, 0.29) is 17.3 Å². The zero-order valence-electron chi connectivity index (χ0n) is 19.1. The van der Waals surface area contributed by atoms with E-state index in [1.807, 2.05) is 42.5 Å². The molecule has 0 saturated heterocycles. The summed E-state index contributed by atoms with van der Waals surface area (Å²) in [5, 5.41) is 21.2. The number of nitrogens with zero attached hydrogens (tertiary/aromatic N) is 1. The molecule has 0 aliphatic heterocycles. The first-order valence-electron chi connectivity index (χ1n) is 10.8. The number of amides is 2. The Morgan fingerprint density at radius 2 is 1.72 bits per heavy atom. The van der Waals surface area contributed by atoms with E-state index in [0.717, 1.165) is 27.8 Å². The number of esters is 1. The summed E-state index contributed by atoms with van der Waals surface area (Å²) in [6, 6.07) is 20.0. The number of hydrogen-bond acceptors (Lipinski definition) is 9. The molecule has 0 bridgehead atoms. The number of ether oxygens (including phenoxy) is 1. The van der Waals surface area contributed by atoms with Gasteiger partial charge in [-0.05, 0) is 47.2 Å². The first-order chi connectivity index (χ1) is 17.3. The van der Waals surface area contributed by atoms with Crippen molar-refractivity contribution >= 4 is 61.4 Å². The Kier molecular flexibility index (Phi) is 7.42. The molecule has 3 aromatic carbocycles. The van der Waals surface area contributed by atoms with Crippen LogP contribution >= 0.6 is 11.3 Å². The number of carbonyl (C=O) groups excluding carboxylic acids is 3. The quantitative estimate of drug-likeness (QED) is 0.170. The highest BCUT2D eigenvalue weighted by atomic mass is 32.1. The molecule has 2 amide bonds. The molecular weight excluding hydrogens is 482 g/mol. The third-order valence-electron chi connectivity index (χ3n) is 5.01. The Bertz CT molecular complexity index is 1420. The lowest BCUT2D eigenvalue weighted by Crippen LogP contribution is -2.25. The Labute approximate surface area is 210 Å². The van der Waals surface area contributed by atoms with Crippen LogP contribution in [0.25, 0.3) is 10.8 Å². The SMILES string of the molecule is CC(=O)OCC(O)Nc1ccc(C(=O)Nc2sc(Nc3ccc4ccccc4c3)nc2C(N)=O)cc1. The first-order valence-corrected chi connectivity index (χ1v) is 11.7. The van der Waals surface area contributed by atoms with Crippen LogP contribution in [0, 0.1) is 0 Å². The largest absolute Gasteiger partial charge is 0.461 e. The van der Waals surface area contributed by atoms with Gasteiger partial charge in [0.05, 0.1) is 0 Å². The zero-order valence-corrected chi connectivity index (χ0v) is 20.0. The monoisotopic (exact) mass is 505 g/mol. The summed E-state index contributed by atoms with van der Waals surface area (Å²) in [4.78, 5) is 39.8. The maximum absolute atomic E-state index is 12.8. The predicted octanol–water partition coefficient (Wildman–Crippen LogP) is 3.68. The number of nitrogens with one attached hydrogen (secondary N) is 3. The molecule has 4 aromatic rings. The van der Waals surface area contributed by atoms with Crippen LogP contribution < -0.4 is 21.7 Å². The van der Waals surface area contributed by atoms with Crippen molar-refractivity contribution in [2.45, 2.75) is 13.2 Å². The number of hydrogen-bond donors (Lipinski definition) is 5. The van der Waals surface area contributed by atoms with Crippen molar-refractivity contribution in [3.63, 3.8) is 0 Å². The molecule has 1 aromatic heterocycles. The van der Waals surface area contributed by atoms with E-state index in [1.54, 1.807) is 12.1 Å². The molecule has 11 heteroatoms. The van der Waals surface area contributed by atoms with Gasteiger partial charge >= 0.3 is 5.97 Å². The van der Waals surface area contributed by atoms with E-state index in [9.17, 15) is 19.5 Å². The minimum absolute atomic E-state index is 0.0523. The van der Waals surface area contributed by atoms with Gasteiger partial charge in [0.25, 0.3) is 11.8 Å². The van der Waals surface area contributed by atoms with Crippen LogP contribution in [0.4, 0.5) is 21.5 Å². The number of carbonyl (C=O) groups is 3. The molecule has 1 unspecified atom stereocenters. The van der Waals surface area contributed by atoms with Gasteiger partial charge < -0.3 is 31.5 Å². The Morgan fingerprint density at radius 1 is 1.03 bits per heavy atom. The summed E-state index contributed by atoms with van der Waals surface area (Å²) in [6.07, 6.45) is -1.10. The molecule has 0 saturated carbocycles. The van der Waals surface area contributed by atoms with E-state index in [1.165, 1.54) is 19.1 Å². The highest BCUT2D eigenvalue weighted by molar-refractivity contribution is 7.20. The average Bonchev–Trinajstić information content (AvgIpc) is 3.25. The molecule has 1 atom stereocenters. The van der Waals surface area contributed by atoms with Crippen molar-refractivity contribution in [1.82, 2.24) is 4.98 Å². The fourth-order valence-electron chi connectivity index (χ4n) is 3.34. The van der Waals surface area contributed by atoms with Gasteiger partial charge in [0.2, 0.25) is 0 Å². The van der Waals surface area contributed by atoms with Crippen LogP contribution in [-0.4, -0.2) is 40.7 Å². The van der Waals surface area contributed by atoms with Gasteiger partial charge in [0.1, 0.15) is 11.6 Å². The number of aliphatic hydroxyl groups is 1. The number of primary amides is 1. The van der Waals surface area contributed by atoms with E-state index in [2.05, 4.69) is 20.9 Å². The molecule has 0 aliphatic rings. The second kappa shape index (κ2) is 10.8. The molecule has 0 radical (unpaired) electrons. The normalized spacial score (nSPS) is 11.5. The highest BCUT2D eigenvalue weighted by Gasteiger charge is 2.19. The fourth-order valence-corrected chi connectivity index (χ4v) is 4.23. The van der Waals surface area contributed by atoms with Gasteiger partial charge in [-0.3, -0.25) is 14.4 Å². The number of thiazole rings is 1. The van der Waals surface area contributed by atoms with Crippen molar-refractivity contribution in [2.24, 2.45) is 5.73 Å². The molecule has 6 N–H and O–H groups in total. The molecule has 10 nitrogen and oxygen atoms in total. The third-order valence-corrected chi connectivity index (χ3v) is 5.90. The maximum atomic E-state index is 12.8. The molecule has 4 rings (SSSR count). The summed E-state index contributed by atoms with van der Waals surface area (Å²) >= 11 is 1.09. The van der Waals surface area contributed by atoms with Gasteiger partial charge in [-0.25, -0.2) is 4.98 Å². The van der Waals surface area contributed by atoms with Gasteiger partial charge in [0, 0.05) is 23.9 Å². The zero-order chi connectivity index (χ0) is 25.7. The Morgan fingerprint density at radius 3 is 2.42 bits per heavy atom. The molecule has 1 heterocycles. The highest BCUT2D eigenvalue weighted by Crippen LogP contribution is 2.32. The number of fused-ring (bicyclic) bond motifs is 1. The summed E-state index contributed by atoms with van der Waals surface area (Å²) in [5.41, 5.74) is 7.03. The lowest BCUT2D eigenvalue weighted by Gasteiger charge is -2.14. The van der Waals surface area contributed by atoms with Crippen LogP contribution in [0.2, 0.25) is 0 Å². The van der Waals surface area contributed by atoms with Gasteiger partial charge in [-0.15, -0.1) is 0 Å². The van der Waals surface area contributed by atoms with Crippen molar-refractivity contribution in [2.75, 3.05) is 22.6 Å². The summed E-state index contributed by atoms with van der Waals surface area (Å²) in [5.74, 6) is -1.74. The molecule has 0 spiro atoms. The second-order valence-electron chi connectivity index (χ2n) is 7.74. The number of benzene rings is 3. The minimum Gasteiger partial charge on any atom is -0.461 e. The van der Waals surface area contributed by atoms with Gasteiger partial charge in [0.15, 0.2) is 17.1 Å². The number of anilines is 4. The number of rotatable bonds is 9. The van der Waals surface area contributed by atoms with Crippen LogP contribution in [0.15, 0.2) is 66.7 Å². The molecule has 36 heavy (non-hydrogen) atoms. The lowest BCUT2D eigenvalue weighted by molar-refractivity contribution is -0.143. The maximum Gasteiger partial charge on any atom is 0.302 e. The van der Waals surface area contributed by atoms with Crippen LogP contribution in [0.5, 0.6) is 0 Å². The van der Waals surface area contributed by atoms with Crippen LogP contribution in [-0.2, 0) is 9.53 Å². The van der Waals surface area contributed by atoms with Crippen LogP contribution in [0.1, 0.15) is 27.8 Å². The summed E-state index contributed by atoms with van der Waals surface area (Å²) in [6.45, 7) is 1.03. The summed E-state index contributed by atoms with van der Waals surface area (Å²) < 4.78 is 4.73. The number of aliphatic hydroxyl groups excluding tert-OH is 1. The smallest absolute Gasteiger partial charge is 0.302 e. The van der Waals surface area contributed by atoms with Crippen molar-refractivity contribution in [1.29, 1.82) is 0 Å². The standard InChI is InChI=1S/C25H23N5O5S/c1-14(31)35-13-20(32)27-18-9-7-16(8-10-18)23(34)30-24-21(22(26)33)29-25(36-24)28-19-11-6-15-4-2-3-5-17(15)12-19/h2-12,20,27,32H,13H2,1H3,(H2,26,33)(H,28,29)(H,30,34). The molecule has 184 valence electrons. The van der Waals surface area contributed by atoms with E-state index in [0.29, 0.717) is 16.4 Å². The molecular formula is C25H23N5O5S. The van der Waals surface area contributed by atoms with E-state index < -0.39 is 24.0 Å². The van der Waals surface area contributed by atoms with Gasteiger partial charge in [-0.2, -0.15) is 0 Å². The Balaban J connectivity index is 1.44. The third kappa shape index (κ3) is 6.14. The second-order valence-corrected chi connectivity index (χ2v) is 8.74. The van der Waals surface area contributed by atoms with Crippen molar-refractivity contribution in [3.05, 3.63) is 78.0 Å². The average molecular weight is 506 g/mol. The minimum atomic E-state index is -1.10. The van der Waals surface area contributed by atoms with Crippen LogP contribution in [0.3, 0.4) is 0 Å². The lowest BCUT2D eigenvalue weighted by atomic mass is 10.1. The molecule has 0 fully saturated rings. The van der Waals surface area contributed by atoms with E-state index in [4.69, 9.17) is 10.5 Å². The van der Waals surface area contributed by atoms with Crippen molar-refractivity contribution < 1.29 is 24.2 Å². The van der Waals surface area contributed by atoms with Crippen molar-refractivity contribution in [3.8, 4) is 0 Å². The fraction of sp³-hybridized carbons (Fsp3) is 0.120. The topological polar surface area (TPSA) is 156 Å². The van der Waals surface area contributed by atoms with E-state index >= 15 is 0 Å².